The molecule has 0 aliphatic heterocycles. The van der Waals surface area contributed by atoms with Gasteiger partial charge in [0, 0.05) is 16.2 Å². The van der Waals surface area contributed by atoms with Crippen LogP contribution < -0.4 is 14.4 Å². The van der Waals surface area contributed by atoms with Crippen LogP contribution in [0.3, 0.4) is 0 Å². The second kappa shape index (κ2) is 10.2. The maximum Gasteiger partial charge on any atom is 0.264 e. The molecule has 0 bridgehead atoms. The van der Waals surface area contributed by atoms with E-state index < -0.39 is 15.9 Å². The van der Waals surface area contributed by atoms with E-state index in [4.69, 9.17) is 4.74 Å². The van der Waals surface area contributed by atoms with Crippen molar-refractivity contribution in [3.63, 3.8) is 0 Å². The molecule has 3 aromatic carbocycles. The number of nitrogens with zero attached hydrogens (tertiary/aromatic N) is 1. The van der Waals surface area contributed by atoms with Gasteiger partial charge in [-0.1, -0.05) is 39.7 Å². The van der Waals surface area contributed by atoms with Crippen molar-refractivity contribution < 1.29 is 17.9 Å². The average molecular weight is 517 g/mol. The van der Waals surface area contributed by atoms with Crippen LogP contribution in [0.15, 0.2) is 82.2 Å². The van der Waals surface area contributed by atoms with Gasteiger partial charge in [0.1, 0.15) is 12.3 Å². The van der Waals surface area contributed by atoms with Crippen LogP contribution in [0.2, 0.25) is 0 Å². The first-order chi connectivity index (χ1) is 15.1. The third kappa shape index (κ3) is 6.11. The number of benzene rings is 3. The lowest BCUT2D eigenvalue weighted by Gasteiger charge is -2.24. The summed E-state index contributed by atoms with van der Waals surface area (Å²) in [7, 11) is -3.96. The predicted octanol–water partition coefficient (Wildman–Crippen LogP) is 5.38. The van der Waals surface area contributed by atoms with Gasteiger partial charge in [0.05, 0.1) is 16.7 Å². The number of amides is 1. The molecule has 0 saturated carbocycles. The molecule has 168 valence electrons. The van der Waals surface area contributed by atoms with Crippen LogP contribution in [-0.4, -0.2) is 27.0 Å². The third-order valence-electron chi connectivity index (χ3n) is 4.50. The van der Waals surface area contributed by atoms with Gasteiger partial charge in [0.15, 0.2) is 0 Å². The zero-order valence-corrected chi connectivity index (χ0v) is 20.5. The number of hydrogen-bond donors (Lipinski definition) is 1. The van der Waals surface area contributed by atoms with E-state index in [1.54, 1.807) is 72.8 Å². The van der Waals surface area contributed by atoms with E-state index in [1.165, 1.54) is 0 Å². The quantitative estimate of drug-likeness (QED) is 0.436. The molecule has 0 spiro atoms. The van der Waals surface area contributed by atoms with Crippen LogP contribution in [-0.2, 0) is 14.8 Å². The molecule has 0 unspecified atom stereocenters. The molecule has 1 N–H and O–H groups in total. The average Bonchev–Trinajstić information content (AvgIpc) is 2.73. The monoisotopic (exact) mass is 516 g/mol. The number of hydrogen-bond acceptors (Lipinski definition) is 4. The minimum atomic E-state index is -3.96. The molecule has 0 heterocycles. The number of anilines is 2. The van der Waals surface area contributed by atoms with Crippen LogP contribution in [0.4, 0.5) is 11.4 Å². The Hall–Kier alpha value is -2.84. The smallest absolute Gasteiger partial charge is 0.264 e. The lowest BCUT2D eigenvalue weighted by Crippen LogP contribution is -2.38. The van der Waals surface area contributed by atoms with Crippen LogP contribution >= 0.6 is 15.9 Å². The molecular weight excluding hydrogens is 492 g/mol. The van der Waals surface area contributed by atoms with E-state index in [-0.39, 0.29) is 17.5 Å². The molecule has 3 aromatic rings. The summed E-state index contributed by atoms with van der Waals surface area (Å²) in [4.78, 5) is 13.0. The molecule has 6 nitrogen and oxygen atoms in total. The second-order valence-electron chi connectivity index (χ2n) is 7.54. The van der Waals surface area contributed by atoms with Crippen LogP contribution in [0, 0.1) is 6.92 Å². The lowest BCUT2D eigenvalue weighted by molar-refractivity contribution is -0.114. The summed E-state index contributed by atoms with van der Waals surface area (Å²) in [5.74, 6) is 0.153. The highest BCUT2D eigenvalue weighted by atomic mass is 79.9. The normalized spacial score (nSPS) is 11.3. The molecule has 0 saturated heterocycles. The van der Waals surface area contributed by atoms with Crippen LogP contribution in [0.5, 0.6) is 5.75 Å². The molecule has 0 aliphatic rings. The molecule has 0 radical (unpaired) electrons. The fourth-order valence-corrected chi connectivity index (χ4v) is 4.70. The van der Waals surface area contributed by atoms with Crippen LogP contribution in [0.1, 0.15) is 19.4 Å². The summed E-state index contributed by atoms with van der Waals surface area (Å²) in [6, 6.07) is 20.3. The highest BCUT2D eigenvalue weighted by Crippen LogP contribution is 2.26. The number of carbonyl (C=O) groups is 1. The second-order valence-corrected chi connectivity index (χ2v) is 10.3. The van der Waals surface area contributed by atoms with Crippen molar-refractivity contribution in [2.24, 2.45) is 0 Å². The van der Waals surface area contributed by atoms with E-state index in [2.05, 4.69) is 21.2 Å². The van der Waals surface area contributed by atoms with Gasteiger partial charge < -0.3 is 10.1 Å². The largest absolute Gasteiger partial charge is 0.491 e. The van der Waals surface area contributed by atoms with Crippen molar-refractivity contribution in [3.8, 4) is 5.75 Å². The predicted molar refractivity (Wildman–Crippen MR) is 131 cm³/mol. The van der Waals surface area contributed by atoms with Gasteiger partial charge in [0.2, 0.25) is 5.91 Å². The molecule has 1 amide bonds. The Labute approximate surface area is 197 Å². The molecule has 0 aromatic heterocycles. The zero-order valence-electron chi connectivity index (χ0n) is 18.1. The Morgan fingerprint density at radius 1 is 1.03 bits per heavy atom. The first-order valence-electron chi connectivity index (χ1n) is 10.1. The SMILES string of the molecule is Cc1ccc(S(=O)(=O)N(CC(=O)Nc2cccc(OC(C)C)c2)c2ccc(Br)cc2)cc1. The van der Waals surface area contributed by atoms with Gasteiger partial charge in [-0.2, -0.15) is 0 Å². The molecule has 3 rings (SSSR count). The van der Waals surface area contributed by atoms with E-state index in [0.717, 1.165) is 14.3 Å². The molecule has 0 atom stereocenters. The number of halogens is 1. The number of sulfonamides is 1. The third-order valence-corrected chi connectivity index (χ3v) is 6.82. The molecule has 0 aliphatic carbocycles. The zero-order chi connectivity index (χ0) is 23.3. The van der Waals surface area contributed by atoms with Gasteiger partial charge >= 0.3 is 0 Å². The molecule has 8 heteroatoms. The summed E-state index contributed by atoms with van der Waals surface area (Å²) in [6.45, 7) is 5.33. The summed E-state index contributed by atoms with van der Waals surface area (Å²) < 4.78 is 34.4. The van der Waals surface area contributed by atoms with Crippen molar-refractivity contribution in [1.29, 1.82) is 0 Å². The summed E-state index contributed by atoms with van der Waals surface area (Å²) in [6.07, 6.45) is -0.00602. The van der Waals surface area contributed by atoms with Crippen molar-refractivity contribution >= 4 is 43.2 Å². The Kier molecular flexibility index (Phi) is 7.58. The number of carbonyl (C=O) groups excluding carboxylic acids is 1. The Morgan fingerprint density at radius 2 is 1.69 bits per heavy atom. The summed E-state index contributed by atoms with van der Waals surface area (Å²) in [5, 5.41) is 2.77. The maximum atomic E-state index is 13.4. The molecule has 32 heavy (non-hydrogen) atoms. The summed E-state index contributed by atoms with van der Waals surface area (Å²) >= 11 is 3.36. The highest BCUT2D eigenvalue weighted by molar-refractivity contribution is 9.10. The Bertz CT molecular complexity index is 1180. The van der Waals surface area contributed by atoms with Gasteiger partial charge in [-0.05, 0) is 69.3 Å². The molecule has 0 fully saturated rings. The lowest BCUT2D eigenvalue weighted by atomic mass is 10.2. The fraction of sp³-hybridized carbons (Fsp3) is 0.208. The number of rotatable bonds is 8. The first-order valence-corrected chi connectivity index (χ1v) is 12.3. The van der Waals surface area contributed by atoms with E-state index in [9.17, 15) is 13.2 Å². The fourth-order valence-electron chi connectivity index (χ4n) is 3.01. The minimum Gasteiger partial charge on any atom is -0.491 e. The van der Waals surface area contributed by atoms with Crippen molar-refractivity contribution in [2.45, 2.75) is 31.8 Å². The van der Waals surface area contributed by atoms with E-state index in [1.807, 2.05) is 20.8 Å². The van der Waals surface area contributed by atoms with E-state index in [0.29, 0.717) is 17.1 Å². The topological polar surface area (TPSA) is 75.7 Å². The van der Waals surface area contributed by atoms with E-state index >= 15 is 0 Å². The van der Waals surface area contributed by atoms with Gasteiger partial charge in [-0.15, -0.1) is 0 Å². The van der Waals surface area contributed by atoms with Crippen molar-refractivity contribution in [2.75, 3.05) is 16.2 Å². The van der Waals surface area contributed by atoms with Crippen molar-refractivity contribution in [1.82, 2.24) is 0 Å². The van der Waals surface area contributed by atoms with Gasteiger partial charge in [0.25, 0.3) is 10.0 Å². The Morgan fingerprint density at radius 3 is 2.31 bits per heavy atom. The van der Waals surface area contributed by atoms with Gasteiger partial charge in [-0.3, -0.25) is 9.10 Å². The number of nitrogens with one attached hydrogen (secondary N) is 1. The summed E-state index contributed by atoms with van der Waals surface area (Å²) in [5.41, 5.74) is 1.86. The van der Waals surface area contributed by atoms with Gasteiger partial charge in [-0.25, -0.2) is 8.42 Å². The number of ether oxygens (including phenoxy) is 1. The standard InChI is InChI=1S/C24H25BrN2O4S/c1-17(2)31-22-6-4-5-20(15-22)26-24(28)16-27(21-11-9-19(25)10-12-21)32(29,30)23-13-7-18(3)8-14-23/h4-15,17H,16H2,1-3H3,(H,26,28). The van der Waals surface area contributed by atoms with Crippen molar-refractivity contribution in [3.05, 3.63) is 82.8 Å². The Balaban J connectivity index is 1.88. The number of aryl methyl sites for hydroxylation is 1. The first kappa shape index (κ1) is 23.8. The molecular formula is C24H25BrN2O4S. The highest BCUT2D eigenvalue weighted by Gasteiger charge is 2.27. The van der Waals surface area contributed by atoms with Crippen LogP contribution in [0.25, 0.3) is 0 Å². The minimum absolute atomic E-state index is 0.00602. The maximum absolute atomic E-state index is 13.4.